The number of benzene rings is 2. The van der Waals surface area contributed by atoms with Crippen LogP contribution in [0, 0.1) is 13.8 Å². The number of aromatic nitrogens is 2. The molecule has 0 aliphatic heterocycles. The van der Waals surface area contributed by atoms with E-state index in [4.69, 9.17) is 9.47 Å². The molecular formula is C20H21N3O3. The lowest BCUT2D eigenvalue weighted by Gasteiger charge is -2.10. The smallest absolute Gasteiger partial charge is 0.262 e. The van der Waals surface area contributed by atoms with Gasteiger partial charge in [-0.2, -0.15) is 0 Å². The zero-order valence-electron chi connectivity index (χ0n) is 15.0. The third-order valence-electron chi connectivity index (χ3n) is 4.11. The second-order valence-electron chi connectivity index (χ2n) is 5.84. The number of nitrogens with one attached hydrogen (secondary N) is 1. The van der Waals surface area contributed by atoms with Crippen molar-refractivity contribution in [3.05, 3.63) is 66.2 Å². The Morgan fingerprint density at radius 3 is 2.27 bits per heavy atom. The molecule has 0 radical (unpaired) electrons. The average molecular weight is 351 g/mol. The zero-order chi connectivity index (χ0) is 18.5. The van der Waals surface area contributed by atoms with Gasteiger partial charge in [-0.1, -0.05) is 0 Å². The monoisotopic (exact) mass is 351 g/mol. The topological polar surface area (TPSA) is 65.4 Å². The summed E-state index contributed by atoms with van der Waals surface area (Å²) < 4.78 is 12.6. The summed E-state index contributed by atoms with van der Waals surface area (Å²) >= 11 is 0. The molecule has 0 bridgehead atoms. The number of carbonyl (C=O) groups excluding carboxylic acids is 1. The van der Waals surface area contributed by atoms with Gasteiger partial charge in [-0.3, -0.25) is 4.79 Å². The summed E-state index contributed by atoms with van der Waals surface area (Å²) in [5.74, 6) is 1.13. The van der Waals surface area contributed by atoms with E-state index < -0.39 is 0 Å². The molecule has 3 aromatic rings. The lowest BCUT2D eigenvalue weighted by atomic mass is 10.2. The van der Waals surface area contributed by atoms with Crippen molar-refractivity contribution in [1.82, 2.24) is 9.55 Å². The third-order valence-corrected chi connectivity index (χ3v) is 4.11. The number of amides is 1. The van der Waals surface area contributed by atoms with Crippen LogP contribution in [-0.2, 0) is 4.79 Å². The van der Waals surface area contributed by atoms with E-state index >= 15 is 0 Å². The van der Waals surface area contributed by atoms with Crippen LogP contribution < -0.4 is 14.8 Å². The fourth-order valence-corrected chi connectivity index (χ4v) is 2.48. The first-order valence-corrected chi connectivity index (χ1v) is 8.24. The highest BCUT2D eigenvalue weighted by atomic mass is 16.5. The Kier molecular flexibility index (Phi) is 5.22. The molecule has 3 rings (SSSR count). The lowest BCUT2D eigenvalue weighted by molar-refractivity contribution is -0.118. The molecule has 2 aromatic carbocycles. The standard InChI is InChI=1S/C20H21N3O3/c1-14-15(2)23(13-21-14)17-6-4-16(5-7-17)22-20(24)12-26-19-10-8-18(25-3)9-11-19/h4-11,13H,12H2,1-3H3,(H,22,24). The summed E-state index contributed by atoms with van der Waals surface area (Å²) in [6.07, 6.45) is 1.79. The largest absolute Gasteiger partial charge is 0.497 e. The Balaban J connectivity index is 1.56. The molecule has 134 valence electrons. The molecule has 0 saturated heterocycles. The molecular weight excluding hydrogens is 330 g/mol. The number of rotatable bonds is 6. The van der Waals surface area contributed by atoms with Crippen LogP contribution in [0.3, 0.4) is 0 Å². The van der Waals surface area contributed by atoms with E-state index in [1.807, 2.05) is 42.7 Å². The highest BCUT2D eigenvalue weighted by Crippen LogP contribution is 2.18. The second kappa shape index (κ2) is 7.74. The van der Waals surface area contributed by atoms with Gasteiger partial charge in [-0.15, -0.1) is 0 Å². The third kappa shape index (κ3) is 4.03. The minimum atomic E-state index is -0.219. The van der Waals surface area contributed by atoms with Crippen molar-refractivity contribution in [2.24, 2.45) is 0 Å². The Morgan fingerprint density at radius 2 is 1.69 bits per heavy atom. The van der Waals surface area contributed by atoms with Crippen molar-refractivity contribution >= 4 is 11.6 Å². The fraction of sp³-hybridized carbons (Fsp3) is 0.200. The highest BCUT2D eigenvalue weighted by molar-refractivity contribution is 5.91. The van der Waals surface area contributed by atoms with Gasteiger partial charge in [0.2, 0.25) is 0 Å². The number of imidazole rings is 1. The molecule has 1 N–H and O–H groups in total. The normalized spacial score (nSPS) is 10.4. The van der Waals surface area contributed by atoms with Gasteiger partial charge in [0.15, 0.2) is 6.61 Å². The fourth-order valence-electron chi connectivity index (χ4n) is 2.48. The summed E-state index contributed by atoms with van der Waals surface area (Å²) in [6, 6.07) is 14.7. The van der Waals surface area contributed by atoms with Gasteiger partial charge in [0.1, 0.15) is 11.5 Å². The zero-order valence-corrected chi connectivity index (χ0v) is 15.0. The first-order valence-electron chi connectivity index (χ1n) is 8.24. The molecule has 0 aliphatic rings. The Hall–Kier alpha value is -3.28. The summed E-state index contributed by atoms with van der Waals surface area (Å²) in [7, 11) is 1.60. The number of anilines is 1. The molecule has 26 heavy (non-hydrogen) atoms. The maximum Gasteiger partial charge on any atom is 0.262 e. The quantitative estimate of drug-likeness (QED) is 0.738. The van der Waals surface area contributed by atoms with E-state index in [0.717, 1.165) is 22.8 Å². The van der Waals surface area contributed by atoms with Crippen LogP contribution in [0.2, 0.25) is 0 Å². The van der Waals surface area contributed by atoms with Gasteiger partial charge in [-0.25, -0.2) is 4.98 Å². The number of methoxy groups -OCH3 is 1. The van der Waals surface area contributed by atoms with Crippen LogP contribution in [0.5, 0.6) is 11.5 Å². The van der Waals surface area contributed by atoms with E-state index in [1.54, 1.807) is 37.7 Å². The van der Waals surface area contributed by atoms with Crippen LogP contribution in [0.25, 0.3) is 5.69 Å². The van der Waals surface area contributed by atoms with Gasteiger partial charge in [-0.05, 0) is 62.4 Å². The van der Waals surface area contributed by atoms with E-state index in [2.05, 4.69) is 10.3 Å². The number of ether oxygens (including phenoxy) is 2. The minimum Gasteiger partial charge on any atom is -0.497 e. The van der Waals surface area contributed by atoms with Gasteiger partial charge >= 0.3 is 0 Å². The molecule has 0 fully saturated rings. The van der Waals surface area contributed by atoms with Crippen molar-refractivity contribution < 1.29 is 14.3 Å². The number of nitrogens with zero attached hydrogens (tertiary/aromatic N) is 2. The Labute approximate surface area is 152 Å². The van der Waals surface area contributed by atoms with Crippen LogP contribution in [0.1, 0.15) is 11.4 Å². The highest BCUT2D eigenvalue weighted by Gasteiger charge is 2.07. The molecule has 0 aliphatic carbocycles. The molecule has 1 amide bonds. The van der Waals surface area contributed by atoms with Gasteiger partial charge in [0.05, 0.1) is 19.1 Å². The molecule has 0 saturated carbocycles. The van der Waals surface area contributed by atoms with Crippen LogP contribution in [0.15, 0.2) is 54.9 Å². The number of hydrogen-bond donors (Lipinski definition) is 1. The SMILES string of the molecule is COc1ccc(OCC(=O)Nc2ccc(-n3cnc(C)c3C)cc2)cc1. The number of aryl methyl sites for hydroxylation is 1. The lowest BCUT2D eigenvalue weighted by Crippen LogP contribution is -2.20. The van der Waals surface area contributed by atoms with Crippen LogP contribution in [-0.4, -0.2) is 29.2 Å². The van der Waals surface area contributed by atoms with Crippen molar-refractivity contribution in [3.63, 3.8) is 0 Å². The van der Waals surface area contributed by atoms with Gasteiger partial charge in [0, 0.05) is 17.1 Å². The minimum absolute atomic E-state index is 0.0616. The summed E-state index contributed by atoms with van der Waals surface area (Å²) in [5, 5.41) is 2.82. The van der Waals surface area contributed by atoms with E-state index in [1.165, 1.54) is 0 Å². The number of hydrogen-bond acceptors (Lipinski definition) is 4. The summed E-state index contributed by atoms with van der Waals surface area (Å²) in [6.45, 7) is 3.94. The summed E-state index contributed by atoms with van der Waals surface area (Å²) in [4.78, 5) is 16.3. The van der Waals surface area contributed by atoms with Crippen molar-refractivity contribution in [3.8, 4) is 17.2 Å². The first-order chi connectivity index (χ1) is 12.6. The van der Waals surface area contributed by atoms with Gasteiger partial charge in [0.25, 0.3) is 5.91 Å². The Morgan fingerprint density at radius 1 is 1.04 bits per heavy atom. The maximum absolute atomic E-state index is 12.0. The molecule has 1 aromatic heterocycles. The predicted octanol–water partition coefficient (Wildman–Crippen LogP) is 3.52. The van der Waals surface area contributed by atoms with Crippen molar-refractivity contribution in [1.29, 1.82) is 0 Å². The number of carbonyl (C=O) groups is 1. The maximum atomic E-state index is 12.0. The Bertz CT molecular complexity index is 884. The molecule has 0 spiro atoms. The van der Waals surface area contributed by atoms with Crippen molar-refractivity contribution in [2.45, 2.75) is 13.8 Å². The molecule has 6 heteroatoms. The van der Waals surface area contributed by atoms with Crippen LogP contribution >= 0.6 is 0 Å². The van der Waals surface area contributed by atoms with E-state index in [-0.39, 0.29) is 12.5 Å². The predicted molar refractivity (Wildman–Crippen MR) is 100 cm³/mol. The molecule has 0 atom stereocenters. The molecule has 1 heterocycles. The van der Waals surface area contributed by atoms with Crippen molar-refractivity contribution in [2.75, 3.05) is 19.0 Å². The summed E-state index contributed by atoms with van der Waals surface area (Å²) in [5.41, 5.74) is 3.80. The second-order valence-corrected chi connectivity index (χ2v) is 5.84. The van der Waals surface area contributed by atoms with Crippen LogP contribution in [0.4, 0.5) is 5.69 Å². The molecule has 0 unspecified atom stereocenters. The van der Waals surface area contributed by atoms with E-state index in [0.29, 0.717) is 11.4 Å². The average Bonchev–Trinajstić information content (AvgIpc) is 3.00. The van der Waals surface area contributed by atoms with E-state index in [9.17, 15) is 4.79 Å². The van der Waals surface area contributed by atoms with Gasteiger partial charge < -0.3 is 19.4 Å². The molecule has 6 nitrogen and oxygen atoms in total. The first kappa shape index (κ1) is 17.5.